The second-order valence-corrected chi connectivity index (χ2v) is 8.34. The van der Waals surface area contributed by atoms with Crippen LogP contribution in [-0.2, 0) is 29.1 Å². The second kappa shape index (κ2) is 11.9. The first kappa shape index (κ1) is 24.1. The van der Waals surface area contributed by atoms with Crippen LogP contribution in [0.25, 0.3) is 0 Å². The first-order valence-corrected chi connectivity index (χ1v) is 11.3. The lowest BCUT2D eigenvalue weighted by molar-refractivity contribution is -0.143. The molecule has 33 heavy (non-hydrogen) atoms. The summed E-state index contributed by atoms with van der Waals surface area (Å²) in [6.07, 6.45) is 0.434. The van der Waals surface area contributed by atoms with Gasteiger partial charge in [-0.2, -0.15) is 0 Å². The molecule has 1 N–H and O–H groups in total. The molecule has 3 aromatic carbocycles. The van der Waals surface area contributed by atoms with E-state index in [2.05, 4.69) is 5.32 Å². The third kappa shape index (κ3) is 6.69. The molecule has 0 aliphatic heterocycles. The molecular formula is C28H32N2O3. The van der Waals surface area contributed by atoms with Gasteiger partial charge in [0.05, 0.1) is 7.11 Å². The molecule has 0 aliphatic carbocycles. The van der Waals surface area contributed by atoms with Gasteiger partial charge in [0.1, 0.15) is 11.8 Å². The van der Waals surface area contributed by atoms with Gasteiger partial charge in [-0.3, -0.25) is 9.59 Å². The molecule has 0 saturated carbocycles. The van der Waals surface area contributed by atoms with Gasteiger partial charge in [-0.25, -0.2) is 0 Å². The van der Waals surface area contributed by atoms with Crippen molar-refractivity contribution in [3.05, 3.63) is 102 Å². The second-order valence-electron chi connectivity index (χ2n) is 8.34. The Morgan fingerprint density at radius 3 is 2.03 bits per heavy atom. The van der Waals surface area contributed by atoms with E-state index in [1.54, 1.807) is 12.0 Å². The lowest BCUT2D eigenvalue weighted by Gasteiger charge is -2.33. The first-order chi connectivity index (χ1) is 16.0. The van der Waals surface area contributed by atoms with Gasteiger partial charge in [-0.05, 0) is 17.2 Å². The molecule has 2 amide bonds. The summed E-state index contributed by atoms with van der Waals surface area (Å²) in [5.41, 5.74) is 2.88. The number of nitrogens with one attached hydrogen (secondary N) is 1. The van der Waals surface area contributed by atoms with Crippen molar-refractivity contribution in [1.29, 1.82) is 0 Å². The van der Waals surface area contributed by atoms with Crippen LogP contribution < -0.4 is 10.1 Å². The Kier molecular flexibility index (Phi) is 8.64. The summed E-state index contributed by atoms with van der Waals surface area (Å²) in [6, 6.07) is 26.6. The fourth-order valence-corrected chi connectivity index (χ4v) is 3.78. The fraction of sp³-hybridized carbons (Fsp3) is 0.286. The SMILES string of the molecule is COc1ccccc1CNC(=O)[C@H](Cc1ccccc1)N(Cc1ccccc1)C(=O)C(C)C. The molecule has 0 radical (unpaired) electrons. The molecule has 172 valence electrons. The van der Waals surface area contributed by atoms with Crippen LogP contribution in [0, 0.1) is 5.92 Å². The zero-order valence-corrected chi connectivity index (χ0v) is 19.5. The predicted molar refractivity (Wildman–Crippen MR) is 131 cm³/mol. The summed E-state index contributed by atoms with van der Waals surface area (Å²) < 4.78 is 5.41. The van der Waals surface area contributed by atoms with E-state index in [4.69, 9.17) is 4.74 Å². The Balaban J connectivity index is 1.89. The third-order valence-electron chi connectivity index (χ3n) is 5.57. The molecule has 1 atom stereocenters. The number of amides is 2. The van der Waals surface area contributed by atoms with E-state index in [1.165, 1.54) is 0 Å². The highest BCUT2D eigenvalue weighted by atomic mass is 16.5. The molecule has 0 unspecified atom stereocenters. The zero-order valence-electron chi connectivity index (χ0n) is 19.5. The van der Waals surface area contributed by atoms with Crippen LogP contribution in [0.3, 0.4) is 0 Å². The Labute approximate surface area is 196 Å². The summed E-state index contributed by atoms with van der Waals surface area (Å²) in [5.74, 6) is 0.257. The molecule has 0 saturated heterocycles. The van der Waals surface area contributed by atoms with Crippen LogP contribution in [0.4, 0.5) is 0 Å². The van der Waals surface area contributed by atoms with Gasteiger partial charge >= 0.3 is 0 Å². The summed E-state index contributed by atoms with van der Waals surface area (Å²) in [4.78, 5) is 28.5. The molecule has 0 bridgehead atoms. The molecule has 0 fully saturated rings. The van der Waals surface area contributed by atoms with Crippen molar-refractivity contribution >= 4 is 11.8 Å². The van der Waals surface area contributed by atoms with Crippen molar-refractivity contribution in [3.63, 3.8) is 0 Å². The number of benzene rings is 3. The molecule has 0 aromatic heterocycles. The van der Waals surface area contributed by atoms with Crippen molar-refractivity contribution in [3.8, 4) is 5.75 Å². The monoisotopic (exact) mass is 444 g/mol. The lowest BCUT2D eigenvalue weighted by Crippen LogP contribution is -2.51. The summed E-state index contributed by atoms with van der Waals surface area (Å²) >= 11 is 0. The number of hydrogen-bond acceptors (Lipinski definition) is 3. The minimum Gasteiger partial charge on any atom is -0.496 e. The smallest absolute Gasteiger partial charge is 0.243 e. The minimum atomic E-state index is -0.641. The largest absolute Gasteiger partial charge is 0.496 e. The van der Waals surface area contributed by atoms with E-state index in [1.807, 2.05) is 98.8 Å². The van der Waals surface area contributed by atoms with Gasteiger partial charge in [-0.1, -0.05) is 92.7 Å². The van der Waals surface area contributed by atoms with Gasteiger partial charge in [0.15, 0.2) is 0 Å². The van der Waals surface area contributed by atoms with E-state index in [0.717, 1.165) is 22.4 Å². The number of methoxy groups -OCH3 is 1. The first-order valence-electron chi connectivity index (χ1n) is 11.3. The number of carbonyl (C=O) groups is 2. The lowest BCUT2D eigenvalue weighted by atomic mass is 10.0. The molecule has 5 heteroatoms. The van der Waals surface area contributed by atoms with E-state index < -0.39 is 6.04 Å². The highest BCUT2D eigenvalue weighted by Gasteiger charge is 2.31. The Bertz CT molecular complexity index is 1040. The number of rotatable bonds is 10. The fourth-order valence-electron chi connectivity index (χ4n) is 3.78. The Hall–Kier alpha value is -3.60. The van der Waals surface area contributed by atoms with Crippen LogP contribution in [0.5, 0.6) is 5.75 Å². The van der Waals surface area contributed by atoms with Crippen LogP contribution in [0.1, 0.15) is 30.5 Å². The number of carbonyl (C=O) groups excluding carboxylic acids is 2. The van der Waals surface area contributed by atoms with Gasteiger partial charge in [0.25, 0.3) is 0 Å². The van der Waals surface area contributed by atoms with Crippen LogP contribution in [-0.4, -0.2) is 29.9 Å². The molecule has 5 nitrogen and oxygen atoms in total. The zero-order chi connectivity index (χ0) is 23.6. The standard InChI is InChI=1S/C28H32N2O3/c1-21(2)28(32)30(20-23-14-8-5-9-15-23)25(18-22-12-6-4-7-13-22)27(31)29-19-24-16-10-11-17-26(24)33-3/h4-17,21,25H,18-20H2,1-3H3,(H,29,31)/t25-/m0/s1. The molecule has 0 heterocycles. The maximum Gasteiger partial charge on any atom is 0.243 e. The topological polar surface area (TPSA) is 58.6 Å². The van der Waals surface area contributed by atoms with E-state index in [9.17, 15) is 9.59 Å². The average Bonchev–Trinajstić information content (AvgIpc) is 2.85. The van der Waals surface area contributed by atoms with E-state index in [-0.39, 0.29) is 17.7 Å². The van der Waals surface area contributed by atoms with Gasteiger partial charge < -0.3 is 15.0 Å². The summed E-state index contributed by atoms with van der Waals surface area (Å²) in [5, 5.41) is 3.04. The normalized spacial score (nSPS) is 11.6. The van der Waals surface area contributed by atoms with Crippen LogP contribution in [0.2, 0.25) is 0 Å². The van der Waals surface area contributed by atoms with Crippen LogP contribution >= 0.6 is 0 Å². The maximum absolute atomic E-state index is 13.5. The van der Waals surface area contributed by atoms with Crippen molar-refractivity contribution in [2.24, 2.45) is 5.92 Å². The van der Waals surface area contributed by atoms with Gasteiger partial charge in [-0.15, -0.1) is 0 Å². The van der Waals surface area contributed by atoms with Gasteiger partial charge in [0, 0.05) is 31.0 Å². The van der Waals surface area contributed by atoms with Crippen molar-refractivity contribution in [1.82, 2.24) is 10.2 Å². The van der Waals surface area contributed by atoms with Crippen molar-refractivity contribution in [2.75, 3.05) is 7.11 Å². The molecule has 3 aromatic rings. The summed E-state index contributed by atoms with van der Waals surface area (Å²) in [7, 11) is 1.61. The molecule has 3 rings (SSSR count). The molecule has 0 aliphatic rings. The summed E-state index contributed by atoms with van der Waals surface area (Å²) in [6.45, 7) is 4.43. The van der Waals surface area contributed by atoms with E-state index >= 15 is 0 Å². The Morgan fingerprint density at radius 1 is 0.848 bits per heavy atom. The highest BCUT2D eigenvalue weighted by Crippen LogP contribution is 2.19. The average molecular weight is 445 g/mol. The third-order valence-corrected chi connectivity index (χ3v) is 5.57. The predicted octanol–water partition coefficient (Wildman–Crippen LogP) is 4.61. The highest BCUT2D eigenvalue weighted by molar-refractivity contribution is 5.88. The number of ether oxygens (including phenoxy) is 1. The van der Waals surface area contributed by atoms with Crippen molar-refractivity contribution in [2.45, 2.75) is 39.4 Å². The Morgan fingerprint density at radius 2 is 1.42 bits per heavy atom. The minimum absolute atomic E-state index is 0.0489. The van der Waals surface area contributed by atoms with E-state index in [0.29, 0.717) is 19.5 Å². The molecule has 0 spiro atoms. The molecular weight excluding hydrogens is 412 g/mol. The van der Waals surface area contributed by atoms with Gasteiger partial charge in [0.2, 0.25) is 11.8 Å². The number of nitrogens with zero attached hydrogens (tertiary/aromatic N) is 1. The number of para-hydroxylation sites is 1. The quantitative estimate of drug-likeness (QED) is 0.497. The van der Waals surface area contributed by atoms with Crippen LogP contribution in [0.15, 0.2) is 84.9 Å². The van der Waals surface area contributed by atoms with Crippen molar-refractivity contribution < 1.29 is 14.3 Å². The maximum atomic E-state index is 13.5. The number of hydrogen-bond donors (Lipinski definition) is 1.